The van der Waals surface area contributed by atoms with Crippen LogP contribution in [0.1, 0.15) is 118 Å². The summed E-state index contributed by atoms with van der Waals surface area (Å²) in [4.78, 5) is 12.2. The summed E-state index contributed by atoms with van der Waals surface area (Å²) in [5.41, 5.74) is 1.06. The number of hydrogen-bond donors (Lipinski definition) is 1. The minimum Gasteiger partial charge on any atom is -0.477 e. The Hall–Kier alpha value is -0.390. The Morgan fingerprint density at radius 1 is 0.964 bits per heavy atom. The maximum Gasteiger partial charge on any atom is 0.346 e. The highest BCUT2D eigenvalue weighted by molar-refractivity contribution is 9.10. The van der Waals surface area contributed by atoms with Crippen LogP contribution in [0.2, 0.25) is 0 Å². The van der Waals surface area contributed by atoms with E-state index >= 15 is 0 Å². The maximum absolute atomic E-state index is 11.7. The summed E-state index contributed by atoms with van der Waals surface area (Å²) in [5, 5.41) is 11.7. The number of carboxylic acids is 1. The Morgan fingerprint density at radius 3 is 2.04 bits per heavy atom. The third kappa shape index (κ3) is 7.14. The van der Waals surface area contributed by atoms with E-state index in [4.69, 9.17) is 0 Å². The molecule has 5 heteroatoms. The summed E-state index contributed by atoms with van der Waals surface area (Å²) in [6.45, 7) is 4.47. The number of carbonyl (C=O) groups is 1. The second-order valence-corrected chi connectivity index (χ2v) is 10.7. The molecule has 2 nitrogen and oxygen atoms in total. The number of aromatic carboxylic acids is 1. The lowest BCUT2D eigenvalue weighted by Gasteiger charge is -2.11. The molecule has 1 N–H and O–H groups in total. The Kier molecular flexibility index (Phi) is 11.1. The van der Waals surface area contributed by atoms with E-state index in [1.807, 2.05) is 0 Å². The molecule has 0 bridgehead atoms. The minimum absolute atomic E-state index is 0.313. The maximum atomic E-state index is 11.7. The van der Waals surface area contributed by atoms with Crippen LogP contribution in [0.5, 0.6) is 0 Å². The van der Waals surface area contributed by atoms with Crippen molar-refractivity contribution in [1.29, 1.82) is 0 Å². The van der Waals surface area contributed by atoms with Crippen molar-refractivity contribution < 1.29 is 9.90 Å². The molecule has 0 aliphatic heterocycles. The lowest BCUT2D eigenvalue weighted by Crippen LogP contribution is -2.01. The van der Waals surface area contributed by atoms with Crippen molar-refractivity contribution in [2.75, 3.05) is 0 Å². The van der Waals surface area contributed by atoms with E-state index in [0.717, 1.165) is 21.2 Å². The van der Waals surface area contributed by atoms with Crippen LogP contribution in [0, 0.1) is 0 Å². The van der Waals surface area contributed by atoms with Gasteiger partial charge in [0.25, 0.3) is 0 Å². The zero-order valence-electron chi connectivity index (χ0n) is 17.4. The van der Waals surface area contributed by atoms with E-state index in [-0.39, 0.29) is 0 Å². The van der Waals surface area contributed by atoms with Crippen molar-refractivity contribution in [3.8, 4) is 0 Å². The van der Waals surface area contributed by atoms with Gasteiger partial charge >= 0.3 is 5.97 Å². The lowest BCUT2D eigenvalue weighted by atomic mass is 9.94. The third-order valence-electron chi connectivity index (χ3n) is 5.57. The molecule has 0 saturated heterocycles. The molecule has 1 atom stereocenters. The average molecular weight is 488 g/mol. The molecule has 0 saturated carbocycles. The summed E-state index contributed by atoms with van der Waals surface area (Å²) in [6, 6.07) is 0. The van der Waals surface area contributed by atoms with Crippen molar-refractivity contribution in [2.24, 2.45) is 0 Å². The summed E-state index contributed by atoms with van der Waals surface area (Å²) in [7, 11) is 0. The molecule has 158 valence electrons. The first-order chi connectivity index (χ1) is 13.6. The smallest absolute Gasteiger partial charge is 0.346 e. The van der Waals surface area contributed by atoms with E-state index in [0.29, 0.717) is 10.8 Å². The van der Waals surface area contributed by atoms with E-state index in [2.05, 4.69) is 35.2 Å². The van der Waals surface area contributed by atoms with Gasteiger partial charge in [-0.05, 0) is 33.8 Å². The molecule has 0 fully saturated rings. The van der Waals surface area contributed by atoms with Crippen LogP contribution in [0.4, 0.5) is 0 Å². The van der Waals surface area contributed by atoms with Crippen molar-refractivity contribution in [3.63, 3.8) is 0 Å². The van der Waals surface area contributed by atoms with E-state index in [1.54, 1.807) is 11.3 Å². The first kappa shape index (κ1) is 23.9. The van der Waals surface area contributed by atoms with Gasteiger partial charge in [0.05, 0.1) is 9.40 Å². The molecule has 2 aromatic rings. The highest BCUT2D eigenvalue weighted by atomic mass is 79.9. The number of fused-ring (bicyclic) bond motifs is 1. The van der Waals surface area contributed by atoms with Crippen molar-refractivity contribution >= 4 is 54.0 Å². The highest BCUT2D eigenvalue weighted by Crippen LogP contribution is 2.44. The summed E-state index contributed by atoms with van der Waals surface area (Å²) in [5.74, 6) is -0.467. The molecule has 0 radical (unpaired) electrons. The average Bonchev–Trinajstić information content (AvgIpc) is 3.22. The van der Waals surface area contributed by atoms with Gasteiger partial charge < -0.3 is 5.11 Å². The zero-order valence-corrected chi connectivity index (χ0v) is 20.6. The van der Waals surface area contributed by atoms with Crippen molar-refractivity contribution in [3.05, 3.63) is 20.3 Å². The monoisotopic (exact) mass is 486 g/mol. The van der Waals surface area contributed by atoms with Gasteiger partial charge in [0.15, 0.2) is 0 Å². The Balaban J connectivity index is 1.64. The number of thiophene rings is 2. The number of halogens is 1. The topological polar surface area (TPSA) is 37.3 Å². The number of hydrogen-bond acceptors (Lipinski definition) is 3. The predicted molar refractivity (Wildman–Crippen MR) is 128 cm³/mol. The van der Waals surface area contributed by atoms with Crippen LogP contribution < -0.4 is 0 Å². The molecule has 2 rings (SSSR count). The number of rotatable bonds is 15. The van der Waals surface area contributed by atoms with Crippen LogP contribution in [0.25, 0.3) is 9.40 Å². The lowest BCUT2D eigenvalue weighted by molar-refractivity contribution is 0.0700. The fraction of sp³-hybridized carbons (Fsp3) is 0.696. The zero-order chi connectivity index (χ0) is 20.4. The van der Waals surface area contributed by atoms with Gasteiger partial charge in [0.2, 0.25) is 0 Å². The van der Waals surface area contributed by atoms with Gasteiger partial charge in [-0.1, -0.05) is 90.9 Å². The fourth-order valence-electron chi connectivity index (χ4n) is 3.91. The quantitative estimate of drug-likeness (QED) is 0.254. The molecule has 2 aromatic heterocycles. The Labute approximate surface area is 186 Å². The molecule has 2 heterocycles. The first-order valence-electron chi connectivity index (χ1n) is 11.0. The van der Waals surface area contributed by atoms with Crippen molar-refractivity contribution in [2.45, 2.75) is 103 Å². The molecule has 0 spiro atoms. The second-order valence-electron chi connectivity index (χ2n) is 7.97. The predicted octanol–water partition coefficient (Wildman–Crippen LogP) is 9.62. The second kappa shape index (κ2) is 13.0. The normalized spacial score (nSPS) is 12.7. The third-order valence-corrected chi connectivity index (χ3v) is 9.13. The van der Waals surface area contributed by atoms with E-state index in [9.17, 15) is 9.90 Å². The van der Waals surface area contributed by atoms with Gasteiger partial charge in [-0.2, -0.15) is 0 Å². The molecule has 0 aliphatic rings. The summed E-state index contributed by atoms with van der Waals surface area (Å²) >= 11 is 6.64. The van der Waals surface area contributed by atoms with Gasteiger partial charge in [0.1, 0.15) is 4.88 Å². The van der Waals surface area contributed by atoms with Crippen molar-refractivity contribution in [1.82, 2.24) is 0 Å². The van der Waals surface area contributed by atoms with E-state index in [1.165, 1.54) is 93.1 Å². The molecule has 0 aromatic carbocycles. The van der Waals surface area contributed by atoms with Crippen LogP contribution in [0.15, 0.2) is 9.85 Å². The number of unbranched alkanes of at least 4 members (excludes halogenated alkanes) is 11. The van der Waals surface area contributed by atoms with Gasteiger partial charge in [-0.25, -0.2) is 4.79 Å². The molecular formula is C23H35BrO2S2. The fourth-order valence-corrected chi connectivity index (χ4v) is 7.22. The van der Waals surface area contributed by atoms with Crippen LogP contribution >= 0.6 is 38.6 Å². The largest absolute Gasteiger partial charge is 0.477 e. The number of carboxylic acid groups (broad SMARTS) is 1. The minimum atomic E-state index is -0.781. The SMILES string of the molecule is CCCCCCCCCCCCCCC(C)c1c(C(=O)O)sc2c(Br)csc12. The standard InChI is InChI=1S/C23H35BrO2S2/c1-3-4-5-6-7-8-9-10-11-12-13-14-15-17(2)19-21-20(18(24)16-27-21)28-22(19)23(25)26/h16-17H,3-15H2,1-2H3,(H,25,26). The molecule has 28 heavy (non-hydrogen) atoms. The Bertz CT molecular complexity index is 720. The van der Waals surface area contributed by atoms with Gasteiger partial charge in [-0.3, -0.25) is 0 Å². The van der Waals surface area contributed by atoms with Crippen LogP contribution in [-0.2, 0) is 0 Å². The van der Waals surface area contributed by atoms with Crippen LogP contribution in [-0.4, -0.2) is 11.1 Å². The molecule has 0 aliphatic carbocycles. The molecule has 0 amide bonds. The summed E-state index contributed by atoms with van der Waals surface area (Å²) < 4.78 is 3.29. The van der Waals surface area contributed by atoms with E-state index < -0.39 is 5.97 Å². The van der Waals surface area contributed by atoms with Gasteiger partial charge in [-0.15, -0.1) is 22.7 Å². The summed E-state index contributed by atoms with van der Waals surface area (Å²) in [6.07, 6.45) is 17.4. The van der Waals surface area contributed by atoms with Gasteiger partial charge in [0, 0.05) is 9.85 Å². The molecule has 1 unspecified atom stereocenters. The highest BCUT2D eigenvalue weighted by Gasteiger charge is 2.24. The first-order valence-corrected chi connectivity index (χ1v) is 13.5. The Morgan fingerprint density at radius 2 is 1.50 bits per heavy atom. The molecular weight excluding hydrogens is 452 g/mol. The van der Waals surface area contributed by atoms with Crippen LogP contribution in [0.3, 0.4) is 0 Å².